The lowest BCUT2D eigenvalue weighted by molar-refractivity contribution is 0.166. The van der Waals surface area contributed by atoms with Crippen LogP contribution in [-0.2, 0) is 8.53 Å². The molecular weight excluding hydrogens is 215 g/mol. The van der Waals surface area contributed by atoms with E-state index in [1.165, 1.54) is 17.0 Å². The maximum Gasteiger partial charge on any atom is 0.461 e. The Labute approximate surface area is 105 Å². The molecule has 1 atom stereocenters. The molecule has 16 heavy (non-hydrogen) atoms. The number of hydrogen-bond acceptors (Lipinski definition) is 2. The van der Waals surface area contributed by atoms with Crippen LogP contribution in [0.5, 0.6) is 0 Å². The number of ether oxygens (including phenoxy) is 1. The van der Waals surface area contributed by atoms with Crippen molar-refractivity contribution >= 4 is 14.5 Å². The van der Waals surface area contributed by atoms with Crippen LogP contribution in [0.15, 0.2) is 0 Å². The third kappa shape index (κ3) is 6.25. The van der Waals surface area contributed by atoms with Gasteiger partial charge in [-0.2, -0.15) is 0 Å². The molecule has 1 aliphatic rings. The lowest BCUT2D eigenvalue weighted by Crippen LogP contribution is -2.25. The van der Waals surface area contributed by atoms with E-state index in [2.05, 4.69) is 27.7 Å². The SMILES string of the molecule is CC(C)[CH2][Al]([CH2]C(C)C)[O]CC1CCOC1. The first kappa shape index (κ1) is 14.5. The van der Waals surface area contributed by atoms with Crippen molar-refractivity contribution in [3.8, 4) is 0 Å². The van der Waals surface area contributed by atoms with Gasteiger partial charge < -0.3 is 8.53 Å². The van der Waals surface area contributed by atoms with Crippen molar-refractivity contribution in [2.75, 3.05) is 19.8 Å². The summed E-state index contributed by atoms with van der Waals surface area (Å²) in [6.45, 7) is 12.0. The summed E-state index contributed by atoms with van der Waals surface area (Å²) >= 11 is -0.961. The molecular formula is C13H27AlO2. The van der Waals surface area contributed by atoms with Gasteiger partial charge in [0.15, 0.2) is 0 Å². The fourth-order valence-corrected chi connectivity index (χ4v) is 5.38. The van der Waals surface area contributed by atoms with Crippen LogP contribution in [0.2, 0.25) is 10.6 Å². The second-order valence-corrected chi connectivity index (χ2v) is 8.46. The minimum absolute atomic E-state index is 0.675. The monoisotopic (exact) mass is 242 g/mol. The summed E-state index contributed by atoms with van der Waals surface area (Å²) in [6, 6.07) is 0. The van der Waals surface area contributed by atoms with Crippen LogP contribution in [0.25, 0.3) is 0 Å². The van der Waals surface area contributed by atoms with E-state index in [4.69, 9.17) is 8.53 Å². The maximum atomic E-state index is 6.21. The molecule has 1 fully saturated rings. The van der Waals surface area contributed by atoms with Crippen LogP contribution in [0.3, 0.4) is 0 Å². The Morgan fingerprint density at radius 3 is 2.25 bits per heavy atom. The molecule has 0 aromatic heterocycles. The van der Waals surface area contributed by atoms with Crippen LogP contribution in [0, 0.1) is 17.8 Å². The van der Waals surface area contributed by atoms with Crippen molar-refractivity contribution in [3.05, 3.63) is 0 Å². The van der Waals surface area contributed by atoms with E-state index in [-0.39, 0.29) is 0 Å². The van der Waals surface area contributed by atoms with Crippen molar-refractivity contribution in [2.45, 2.75) is 44.7 Å². The van der Waals surface area contributed by atoms with Gasteiger partial charge in [0, 0.05) is 19.1 Å². The highest BCUT2D eigenvalue weighted by molar-refractivity contribution is 6.51. The molecule has 0 bridgehead atoms. The van der Waals surface area contributed by atoms with Crippen LogP contribution in [-0.4, -0.2) is 34.3 Å². The Morgan fingerprint density at radius 2 is 1.81 bits per heavy atom. The Balaban J connectivity index is 2.24. The molecule has 1 rings (SSSR count). The van der Waals surface area contributed by atoms with E-state index in [1.807, 2.05) is 0 Å². The topological polar surface area (TPSA) is 18.5 Å². The second-order valence-electron chi connectivity index (χ2n) is 5.94. The number of rotatable bonds is 7. The summed E-state index contributed by atoms with van der Waals surface area (Å²) in [6.07, 6.45) is 1.20. The van der Waals surface area contributed by atoms with Crippen molar-refractivity contribution in [3.63, 3.8) is 0 Å². The lowest BCUT2D eigenvalue weighted by Gasteiger charge is -2.19. The summed E-state index contributed by atoms with van der Waals surface area (Å²) in [5, 5.41) is 2.65. The second kappa shape index (κ2) is 7.72. The molecule has 1 unspecified atom stereocenters. The molecule has 0 amide bonds. The van der Waals surface area contributed by atoms with Gasteiger partial charge in [-0.15, -0.1) is 0 Å². The zero-order chi connectivity index (χ0) is 12.0. The smallest absolute Gasteiger partial charge is 0.461 e. The summed E-state index contributed by atoms with van der Waals surface area (Å²) in [4.78, 5) is 0. The third-order valence-corrected chi connectivity index (χ3v) is 6.66. The van der Waals surface area contributed by atoms with E-state index in [9.17, 15) is 0 Å². The third-order valence-electron chi connectivity index (χ3n) is 3.06. The molecule has 1 heterocycles. The van der Waals surface area contributed by atoms with Crippen molar-refractivity contribution in [1.82, 2.24) is 0 Å². The molecule has 0 radical (unpaired) electrons. The summed E-state index contributed by atoms with van der Waals surface area (Å²) < 4.78 is 11.6. The first-order valence-corrected chi connectivity index (χ1v) is 8.87. The Hall–Kier alpha value is 0.452. The molecule has 0 N–H and O–H groups in total. The van der Waals surface area contributed by atoms with Crippen LogP contribution in [0.4, 0.5) is 0 Å². The van der Waals surface area contributed by atoms with Crippen LogP contribution < -0.4 is 0 Å². The Morgan fingerprint density at radius 1 is 1.19 bits per heavy atom. The standard InChI is InChI=1S/C5H9O2.2C4H9.Al/c6-3-5-1-2-7-4-5;2*1-4(2)3;/h5H,1-4H2;2*4H,1H2,2-3H3;/q-1;;;+1. The average Bonchev–Trinajstić information content (AvgIpc) is 2.64. The molecule has 2 nitrogen and oxygen atoms in total. The van der Waals surface area contributed by atoms with E-state index in [0.717, 1.165) is 31.7 Å². The zero-order valence-corrected chi connectivity index (χ0v) is 12.5. The first-order valence-electron chi connectivity index (χ1n) is 6.77. The summed E-state index contributed by atoms with van der Waals surface area (Å²) in [5.74, 6) is 2.25. The van der Waals surface area contributed by atoms with Gasteiger partial charge in [-0.05, 0) is 6.42 Å². The normalized spacial score (nSPS) is 21.0. The van der Waals surface area contributed by atoms with Gasteiger partial charge in [0.1, 0.15) is 0 Å². The minimum atomic E-state index is -0.961. The maximum absolute atomic E-state index is 6.21. The van der Waals surface area contributed by atoms with E-state index < -0.39 is 14.5 Å². The minimum Gasteiger partial charge on any atom is -0.500 e. The van der Waals surface area contributed by atoms with Gasteiger partial charge in [-0.3, -0.25) is 0 Å². The highest BCUT2D eigenvalue weighted by Gasteiger charge is 2.25. The van der Waals surface area contributed by atoms with Gasteiger partial charge >= 0.3 is 14.5 Å². The highest BCUT2D eigenvalue weighted by atomic mass is 27.2. The molecule has 0 spiro atoms. The molecule has 0 saturated carbocycles. The quantitative estimate of drug-likeness (QED) is 0.637. The number of hydrogen-bond donors (Lipinski definition) is 0. The largest absolute Gasteiger partial charge is 0.500 e. The van der Waals surface area contributed by atoms with Gasteiger partial charge in [-0.1, -0.05) is 50.1 Å². The fourth-order valence-electron chi connectivity index (χ4n) is 2.27. The Bertz CT molecular complexity index is 167. The van der Waals surface area contributed by atoms with Crippen molar-refractivity contribution in [1.29, 1.82) is 0 Å². The van der Waals surface area contributed by atoms with E-state index in [1.54, 1.807) is 0 Å². The fraction of sp³-hybridized carbons (Fsp3) is 1.00. The Kier molecular flexibility index (Phi) is 7.00. The summed E-state index contributed by atoms with van der Waals surface area (Å²) in [7, 11) is 0. The first-order chi connectivity index (χ1) is 7.58. The highest BCUT2D eigenvalue weighted by Crippen LogP contribution is 2.18. The van der Waals surface area contributed by atoms with Gasteiger partial charge in [0.2, 0.25) is 0 Å². The molecule has 94 valence electrons. The lowest BCUT2D eigenvalue weighted by atomic mass is 10.1. The van der Waals surface area contributed by atoms with Crippen LogP contribution in [0.1, 0.15) is 34.1 Å². The molecule has 0 aromatic rings. The van der Waals surface area contributed by atoms with Crippen LogP contribution >= 0.6 is 0 Å². The molecule has 3 heteroatoms. The summed E-state index contributed by atoms with van der Waals surface area (Å²) in [5.41, 5.74) is 0. The van der Waals surface area contributed by atoms with E-state index >= 15 is 0 Å². The van der Waals surface area contributed by atoms with Crippen molar-refractivity contribution in [2.24, 2.45) is 17.8 Å². The van der Waals surface area contributed by atoms with Crippen molar-refractivity contribution < 1.29 is 8.53 Å². The predicted molar refractivity (Wildman–Crippen MR) is 69.9 cm³/mol. The van der Waals surface area contributed by atoms with Gasteiger partial charge in [0.25, 0.3) is 0 Å². The molecule has 0 aromatic carbocycles. The van der Waals surface area contributed by atoms with E-state index in [0.29, 0.717) is 5.92 Å². The van der Waals surface area contributed by atoms with Gasteiger partial charge in [-0.25, -0.2) is 0 Å². The molecule has 0 aliphatic carbocycles. The predicted octanol–water partition coefficient (Wildman–Crippen LogP) is 3.34. The zero-order valence-electron chi connectivity index (χ0n) is 11.4. The van der Waals surface area contributed by atoms with Gasteiger partial charge in [0.05, 0.1) is 6.61 Å². The molecule has 1 saturated heterocycles. The average molecular weight is 242 g/mol. The molecule has 1 aliphatic heterocycles.